The largest absolute Gasteiger partial charge is 0.755 e. The molecule has 168 valence electrons. The van der Waals surface area contributed by atoms with Crippen molar-refractivity contribution in [1.29, 1.82) is 0 Å². The van der Waals surface area contributed by atoms with Crippen molar-refractivity contribution in [2.45, 2.75) is 6.42 Å². The second-order valence-electron chi connectivity index (χ2n) is 7.01. The van der Waals surface area contributed by atoms with Crippen LogP contribution in [0.25, 0.3) is 11.0 Å². The predicted molar refractivity (Wildman–Crippen MR) is 127 cm³/mol. The average molecular weight is 528 g/mol. The Kier molecular flexibility index (Phi) is 7.07. The second kappa shape index (κ2) is 10.2. The molecule has 1 unspecified atom stereocenters. The molecule has 0 radical (unpaired) electrons. The Morgan fingerprint density at radius 3 is 2.58 bits per heavy atom. The Hall–Kier alpha value is -3.21. The van der Waals surface area contributed by atoms with Crippen molar-refractivity contribution >= 4 is 55.5 Å². The maximum absolute atomic E-state index is 13.1. The Morgan fingerprint density at radius 2 is 1.82 bits per heavy atom. The highest BCUT2D eigenvalue weighted by molar-refractivity contribution is 9.10. The molecule has 1 heterocycles. The molecule has 0 spiro atoms. The summed E-state index contributed by atoms with van der Waals surface area (Å²) in [5.74, 6) is -0.771. The molecule has 3 aromatic carbocycles. The van der Waals surface area contributed by atoms with Crippen LogP contribution in [0.4, 0.5) is 15.8 Å². The van der Waals surface area contributed by atoms with Gasteiger partial charge in [-0.1, -0.05) is 34.1 Å². The number of hydrogen-bond acceptors (Lipinski definition) is 5. The van der Waals surface area contributed by atoms with Gasteiger partial charge in [-0.05, 0) is 54.4 Å². The smallest absolute Gasteiger partial charge is 0.253 e. The van der Waals surface area contributed by atoms with Crippen LogP contribution in [-0.2, 0) is 17.7 Å². The zero-order valence-corrected chi connectivity index (χ0v) is 19.5. The summed E-state index contributed by atoms with van der Waals surface area (Å²) in [5, 5.41) is 2.80. The summed E-state index contributed by atoms with van der Waals surface area (Å²) in [4.78, 5) is 21.5. The number of para-hydroxylation sites is 1. The molecule has 1 N–H and O–H groups in total. The molecule has 4 rings (SSSR count). The number of nitrogens with zero attached hydrogens (tertiary/aromatic N) is 3. The van der Waals surface area contributed by atoms with Crippen molar-refractivity contribution in [3.8, 4) is 0 Å². The van der Waals surface area contributed by atoms with Crippen molar-refractivity contribution < 1.29 is 17.9 Å². The lowest BCUT2D eigenvalue weighted by Crippen LogP contribution is -2.29. The van der Waals surface area contributed by atoms with Gasteiger partial charge in [0.05, 0.1) is 33.7 Å². The van der Waals surface area contributed by atoms with E-state index in [0.717, 1.165) is 9.87 Å². The average Bonchev–Trinajstić information content (AvgIpc) is 2.80. The zero-order chi connectivity index (χ0) is 23.4. The van der Waals surface area contributed by atoms with E-state index in [9.17, 15) is 17.9 Å². The van der Waals surface area contributed by atoms with Crippen LogP contribution in [0.2, 0.25) is 0 Å². The Balaban J connectivity index is 1.66. The standard InChI is InChI=1S/C23H18BrFN4O3S/c24-16-6-9-18(23(30)28-11-10-15-4-7-17(25)8-5-15)21(14-16)29(33(31)32)20-3-1-2-19-22(20)27-13-12-26-19/h1-9,12-14H,10-11H2,(H,28,30)(H,31,32)/p-1. The van der Waals surface area contributed by atoms with E-state index < -0.39 is 17.2 Å². The van der Waals surface area contributed by atoms with Gasteiger partial charge >= 0.3 is 0 Å². The summed E-state index contributed by atoms with van der Waals surface area (Å²) in [6.07, 6.45) is 3.49. The number of hydrogen-bond donors (Lipinski definition) is 1. The fourth-order valence-electron chi connectivity index (χ4n) is 3.36. The molecule has 0 aliphatic heterocycles. The minimum atomic E-state index is -2.75. The SMILES string of the molecule is O=C(NCCc1ccc(F)cc1)c1ccc(Br)cc1N(c1cccc2nccnc12)S(=O)[O-]. The monoisotopic (exact) mass is 527 g/mol. The third-order valence-electron chi connectivity index (χ3n) is 4.88. The van der Waals surface area contributed by atoms with Crippen LogP contribution in [0.1, 0.15) is 15.9 Å². The lowest BCUT2D eigenvalue weighted by atomic mass is 10.1. The minimum Gasteiger partial charge on any atom is -0.755 e. The highest BCUT2D eigenvalue weighted by Crippen LogP contribution is 2.35. The number of amides is 1. The van der Waals surface area contributed by atoms with Gasteiger partial charge in [0.25, 0.3) is 5.91 Å². The van der Waals surface area contributed by atoms with E-state index in [1.54, 1.807) is 48.5 Å². The van der Waals surface area contributed by atoms with Crippen molar-refractivity contribution in [2.75, 3.05) is 10.8 Å². The summed E-state index contributed by atoms with van der Waals surface area (Å²) in [6.45, 7) is 0.292. The first-order chi connectivity index (χ1) is 15.9. The van der Waals surface area contributed by atoms with Crippen LogP contribution in [0, 0.1) is 5.82 Å². The van der Waals surface area contributed by atoms with Gasteiger partial charge in [-0.25, -0.2) is 4.39 Å². The first kappa shape index (κ1) is 23.0. The fourth-order valence-corrected chi connectivity index (χ4v) is 4.33. The van der Waals surface area contributed by atoms with Crippen LogP contribution in [-0.4, -0.2) is 31.2 Å². The molecule has 1 aromatic heterocycles. The summed E-state index contributed by atoms with van der Waals surface area (Å²) in [7, 11) is 0. The molecule has 0 bridgehead atoms. The number of aromatic nitrogens is 2. The molecule has 7 nitrogen and oxygen atoms in total. The van der Waals surface area contributed by atoms with Crippen LogP contribution < -0.4 is 9.62 Å². The number of halogens is 2. The third-order valence-corrected chi connectivity index (χ3v) is 6.07. The van der Waals surface area contributed by atoms with E-state index in [-0.39, 0.29) is 22.8 Å². The molecule has 4 aromatic rings. The zero-order valence-electron chi connectivity index (χ0n) is 17.1. The Morgan fingerprint density at radius 1 is 1.06 bits per heavy atom. The minimum absolute atomic E-state index is 0.162. The normalized spacial score (nSPS) is 11.8. The molecule has 0 saturated heterocycles. The van der Waals surface area contributed by atoms with Crippen molar-refractivity contribution in [3.05, 3.63) is 94.5 Å². The summed E-state index contributed by atoms with van der Waals surface area (Å²) in [6, 6.07) is 15.8. The van der Waals surface area contributed by atoms with Gasteiger partial charge in [-0.15, -0.1) is 0 Å². The van der Waals surface area contributed by atoms with Crippen molar-refractivity contribution in [3.63, 3.8) is 0 Å². The lowest BCUT2D eigenvalue weighted by molar-refractivity contribution is 0.0955. The van der Waals surface area contributed by atoms with Crippen LogP contribution in [0.15, 0.2) is 77.5 Å². The third kappa shape index (κ3) is 5.24. The number of anilines is 2. The van der Waals surface area contributed by atoms with Gasteiger partial charge in [-0.3, -0.25) is 23.3 Å². The molecule has 1 atom stereocenters. The number of benzene rings is 3. The summed E-state index contributed by atoms with van der Waals surface area (Å²) >= 11 is 0.601. The summed E-state index contributed by atoms with van der Waals surface area (Å²) < 4.78 is 39.4. The molecule has 1 amide bonds. The van der Waals surface area contributed by atoms with Gasteiger partial charge in [0.1, 0.15) is 11.3 Å². The number of carbonyl (C=O) groups is 1. The number of carbonyl (C=O) groups excluding carboxylic acids is 1. The van der Waals surface area contributed by atoms with E-state index in [0.29, 0.717) is 28.5 Å². The van der Waals surface area contributed by atoms with Gasteiger partial charge in [-0.2, -0.15) is 0 Å². The molecular formula is C23H17BrFN4O3S-. The van der Waals surface area contributed by atoms with E-state index in [1.165, 1.54) is 24.5 Å². The molecule has 0 aliphatic rings. The number of rotatable bonds is 7. The Labute approximate surface area is 200 Å². The van der Waals surface area contributed by atoms with Crippen molar-refractivity contribution in [2.24, 2.45) is 0 Å². The van der Waals surface area contributed by atoms with Gasteiger partial charge in [0, 0.05) is 23.4 Å². The molecular weight excluding hydrogens is 511 g/mol. The molecule has 0 fully saturated rings. The number of nitrogens with one attached hydrogen (secondary N) is 1. The molecule has 33 heavy (non-hydrogen) atoms. The molecule has 0 saturated carbocycles. The highest BCUT2D eigenvalue weighted by Gasteiger charge is 2.21. The quantitative estimate of drug-likeness (QED) is 0.358. The van der Waals surface area contributed by atoms with E-state index >= 15 is 0 Å². The van der Waals surface area contributed by atoms with E-state index in [1.807, 2.05) is 0 Å². The first-order valence-electron chi connectivity index (χ1n) is 9.85. The Bertz CT molecular complexity index is 1330. The van der Waals surface area contributed by atoms with Crippen molar-refractivity contribution in [1.82, 2.24) is 15.3 Å². The van der Waals surface area contributed by atoms with Gasteiger partial charge < -0.3 is 9.87 Å². The van der Waals surface area contributed by atoms with Crippen LogP contribution in [0.5, 0.6) is 0 Å². The number of fused-ring (bicyclic) bond motifs is 1. The molecule has 0 aliphatic carbocycles. The topological polar surface area (TPSA) is 98.2 Å². The van der Waals surface area contributed by atoms with Crippen LogP contribution >= 0.6 is 15.9 Å². The first-order valence-corrected chi connectivity index (χ1v) is 11.7. The maximum atomic E-state index is 13.1. The maximum Gasteiger partial charge on any atom is 0.253 e. The molecule has 10 heteroatoms. The van der Waals surface area contributed by atoms with E-state index in [2.05, 4.69) is 31.2 Å². The second-order valence-corrected chi connectivity index (χ2v) is 8.72. The van der Waals surface area contributed by atoms with Gasteiger partial charge in [0.2, 0.25) is 0 Å². The van der Waals surface area contributed by atoms with Crippen LogP contribution in [0.3, 0.4) is 0 Å². The van der Waals surface area contributed by atoms with E-state index in [4.69, 9.17) is 0 Å². The fraction of sp³-hybridized carbons (Fsp3) is 0.0870. The summed E-state index contributed by atoms with van der Waals surface area (Å²) in [5.41, 5.74) is 2.37. The lowest BCUT2D eigenvalue weighted by Gasteiger charge is -2.29. The predicted octanol–water partition coefficient (Wildman–Crippen LogP) is 4.44. The van der Waals surface area contributed by atoms with Gasteiger partial charge in [0.15, 0.2) is 0 Å². The highest BCUT2D eigenvalue weighted by atomic mass is 79.9.